The van der Waals surface area contributed by atoms with Gasteiger partial charge in [-0.15, -0.1) is 11.3 Å². The summed E-state index contributed by atoms with van der Waals surface area (Å²) in [6, 6.07) is 10.0. The molecule has 2 fully saturated rings. The molecule has 194 valence electrons. The van der Waals surface area contributed by atoms with Crippen molar-refractivity contribution in [3.05, 3.63) is 58.8 Å². The number of pyridine rings is 1. The van der Waals surface area contributed by atoms with Crippen molar-refractivity contribution in [1.29, 1.82) is 0 Å². The Balaban J connectivity index is 1.31. The number of halogens is 1. The Bertz CT molecular complexity index is 1520. The van der Waals surface area contributed by atoms with Gasteiger partial charge >= 0.3 is 0 Å². The molecule has 1 N–H and O–H groups in total. The zero-order chi connectivity index (χ0) is 25.6. The second-order valence-electron chi connectivity index (χ2n) is 9.99. The molecule has 4 heterocycles. The highest BCUT2D eigenvalue weighted by atomic mass is 32.2. The van der Waals surface area contributed by atoms with Gasteiger partial charge in [0.1, 0.15) is 27.1 Å². The number of hydrogen-bond acceptors (Lipinski definition) is 7. The summed E-state index contributed by atoms with van der Waals surface area (Å²) in [4.78, 5) is 12.0. The van der Waals surface area contributed by atoms with E-state index >= 15 is 0 Å². The lowest BCUT2D eigenvalue weighted by Crippen LogP contribution is -2.43. The molecule has 37 heavy (non-hydrogen) atoms. The quantitative estimate of drug-likeness (QED) is 0.343. The van der Waals surface area contributed by atoms with E-state index in [1.807, 2.05) is 27.6 Å². The fourth-order valence-corrected chi connectivity index (χ4v) is 7.43. The predicted octanol–water partition coefficient (Wildman–Crippen LogP) is 4.91. The van der Waals surface area contributed by atoms with Gasteiger partial charge in [0.15, 0.2) is 0 Å². The van der Waals surface area contributed by atoms with Crippen molar-refractivity contribution in [2.75, 3.05) is 30.4 Å². The van der Waals surface area contributed by atoms with Gasteiger partial charge in [0, 0.05) is 48.2 Å². The Morgan fingerprint density at radius 1 is 1.14 bits per heavy atom. The maximum Gasteiger partial charge on any atom is 0.150 e. The van der Waals surface area contributed by atoms with Crippen LogP contribution in [0.3, 0.4) is 0 Å². The highest BCUT2D eigenvalue weighted by molar-refractivity contribution is 7.91. The molecule has 0 unspecified atom stereocenters. The molecule has 0 bridgehead atoms. The van der Waals surface area contributed by atoms with Gasteiger partial charge in [0.25, 0.3) is 0 Å². The van der Waals surface area contributed by atoms with Gasteiger partial charge in [0.2, 0.25) is 0 Å². The summed E-state index contributed by atoms with van der Waals surface area (Å²) in [6.45, 7) is 0.893. The van der Waals surface area contributed by atoms with Crippen molar-refractivity contribution in [3.8, 4) is 17.1 Å². The summed E-state index contributed by atoms with van der Waals surface area (Å²) < 4.78 is 40.4. The predicted molar refractivity (Wildman–Crippen MR) is 147 cm³/mol. The highest BCUT2D eigenvalue weighted by Crippen LogP contribution is 2.34. The van der Waals surface area contributed by atoms with E-state index in [-0.39, 0.29) is 5.82 Å². The third-order valence-electron chi connectivity index (χ3n) is 7.58. The zero-order valence-corrected chi connectivity index (χ0v) is 22.4. The summed E-state index contributed by atoms with van der Waals surface area (Å²) in [5, 5.41) is 5.92. The molecule has 1 saturated heterocycles. The van der Waals surface area contributed by atoms with Gasteiger partial charge in [-0.1, -0.05) is 6.07 Å². The molecule has 6 rings (SSSR count). The first kappa shape index (κ1) is 24.5. The van der Waals surface area contributed by atoms with E-state index in [1.54, 1.807) is 13.1 Å². The molecular weight excluding hydrogens is 509 g/mol. The van der Waals surface area contributed by atoms with Crippen LogP contribution in [0.2, 0.25) is 0 Å². The molecule has 1 saturated carbocycles. The minimum absolute atomic E-state index is 0.298. The molecule has 1 aliphatic heterocycles. The van der Waals surface area contributed by atoms with E-state index < -0.39 is 9.84 Å². The number of thiazole rings is 1. The summed E-state index contributed by atoms with van der Waals surface area (Å²) in [5.41, 5.74) is 5.68. The molecule has 1 aromatic carbocycles. The minimum atomic E-state index is -2.88. The van der Waals surface area contributed by atoms with E-state index in [4.69, 9.17) is 4.98 Å². The Labute approximate surface area is 220 Å². The topological polar surface area (TPSA) is 80.1 Å². The number of hydrogen-bond donors (Lipinski definition) is 1. The van der Waals surface area contributed by atoms with Crippen LogP contribution >= 0.6 is 11.3 Å². The van der Waals surface area contributed by atoms with Crippen molar-refractivity contribution in [3.63, 3.8) is 0 Å². The van der Waals surface area contributed by atoms with Crippen molar-refractivity contribution >= 4 is 37.9 Å². The number of aromatic nitrogens is 3. The van der Waals surface area contributed by atoms with Crippen LogP contribution < -0.4 is 5.32 Å². The minimum Gasteiger partial charge on any atom is -0.386 e. The van der Waals surface area contributed by atoms with Gasteiger partial charge in [-0.3, -0.25) is 9.47 Å². The number of sulfone groups is 1. The maximum atomic E-state index is 14.5. The molecule has 2 aliphatic rings. The monoisotopic (exact) mass is 539 g/mol. The Morgan fingerprint density at radius 2 is 1.92 bits per heavy atom. The lowest BCUT2D eigenvalue weighted by Gasteiger charge is -2.34. The van der Waals surface area contributed by atoms with Crippen LogP contribution in [0.1, 0.15) is 31.2 Å². The summed E-state index contributed by atoms with van der Waals surface area (Å²) >= 11 is 1.53. The van der Waals surface area contributed by atoms with E-state index in [0.29, 0.717) is 35.0 Å². The lowest BCUT2D eigenvalue weighted by molar-refractivity contribution is 0.176. The van der Waals surface area contributed by atoms with Gasteiger partial charge < -0.3 is 5.32 Å². The number of nitrogens with one attached hydrogen (secondary N) is 1. The second-order valence-corrected chi connectivity index (χ2v) is 13.0. The van der Waals surface area contributed by atoms with Gasteiger partial charge in [-0.05, 0) is 61.9 Å². The molecule has 4 aromatic rings. The molecule has 0 atom stereocenters. The summed E-state index contributed by atoms with van der Waals surface area (Å²) in [7, 11) is -1.18. The number of anilines is 1. The fourth-order valence-electron chi connectivity index (χ4n) is 5.43. The average molecular weight is 540 g/mol. The molecular formula is C27H30FN5O2S2. The fraction of sp³-hybridized carbons (Fsp3) is 0.407. The summed E-state index contributed by atoms with van der Waals surface area (Å²) in [6.07, 6.45) is 6.81. The van der Waals surface area contributed by atoms with E-state index in [1.165, 1.54) is 35.8 Å². The van der Waals surface area contributed by atoms with Crippen LogP contribution in [0.5, 0.6) is 0 Å². The first-order valence-electron chi connectivity index (χ1n) is 12.8. The normalized spacial score (nSPS) is 18.0. The molecule has 1 aliphatic carbocycles. The Hall–Kier alpha value is -2.82. The standard InChI is InChI=1S/C27H30FN5O2S2/c1-29-25-6-2-18(14-23(25)28)24-7-5-22-19(15-33(27(22)31-24)26-16-36-17-30-26)8-11-32(20-3-4-20)21-9-12-37(34,35)13-10-21/h2,5-7,14-17,20-21,29H,3-4,8-13H2,1H3. The smallest absolute Gasteiger partial charge is 0.150 e. The van der Waals surface area contributed by atoms with Crippen LogP contribution in [0.15, 0.2) is 47.4 Å². The number of benzene rings is 1. The van der Waals surface area contributed by atoms with Crippen LogP contribution in [0, 0.1) is 5.82 Å². The average Bonchev–Trinajstić information content (AvgIpc) is 3.45. The van der Waals surface area contributed by atoms with Crippen LogP contribution in [0.25, 0.3) is 28.1 Å². The lowest BCUT2D eigenvalue weighted by atomic mass is 10.1. The third-order valence-corrected chi connectivity index (χ3v) is 9.87. The van der Waals surface area contributed by atoms with E-state index in [9.17, 15) is 12.8 Å². The molecule has 7 nitrogen and oxygen atoms in total. The zero-order valence-electron chi connectivity index (χ0n) is 20.7. The van der Waals surface area contributed by atoms with E-state index in [2.05, 4.69) is 27.5 Å². The van der Waals surface area contributed by atoms with Crippen molar-refractivity contribution < 1.29 is 12.8 Å². The van der Waals surface area contributed by atoms with Crippen molar-refractivity contribution in [1.82, 2.24) is 19.4 Å². The molecule has 0 radical (unpaired) electrons. The molecule has 0 amide bonds. The number of rotatable bonds is 8. The number of nitrogens with zero attached hydrogens (tertiary/aromatic N) is 4. The number of fused-ring (bicyclic) bond motifs is 1. The van der Waals surface area contributed by atoms with Crippen LogP contribution in [0.4, 0.5) is 10.1 Å². The molecule has 0 spiro atoms. The van der Waals surface area contributed by atoms with Crippen LogP contribution in [-0.2, 0) is 16.3 Å². The summed E-state index contributed by atoms with van der Waals surface area (Å²) in [5.74, 6) is 1.10. The second kappa shape index (κ2) is 9.81. The first-order chi connectivity index (χ1) is 17.9. The molecule has 10 heteroatoms. The van der Waals surface area contributed by atoms with Crippen molar-refractivity contribution in [2.45, 2.75) is 44.2 Å². The maximum absolute atomic E-state index is 14.5. The van der Waals surface area contributed by atoms with Crippen LogP contribution in [-0.4, -0.2) is 65.0 Å². The Morgan fingerprint density at radius 3 is 2.59 bits per heavy atom. The highest BCUT2D eigenvalue weighted by Gasteiger charge is 2.36. The SMILES string of the molecule is CNc1ccc(-c2ccc3c(CCN(C4CC4)C4CCS(=O)(=O)CC4)cn(-c4cscn4)c3n2)cc1F. The van der Waals surface area contributed by atoms with E-state index in [0.717, 1.165) is 48.2 Å². The van der Waals surface area contributed by atoms with Gasteiger partial charge in [-0.2, -0.15) is 0 Å². The van der Waals surface area contributed by atoms with Gasteiger partial charge in [0.05, 0.1) is 28.4 Å². The Kier molecular flexibility index (Phi) is 6.50. The third kappa shape index (κ3) is 5.02. The van der Waals surface area contributed by atoms with Gasteiger partial charge in [-0.25, -0.2) is 22.8 Å². The first-order valence-corrected chi connectivity index (χ1v) is 15.5. The largest absolute Gasteiger partial charge is 0.386 e. The van der Waals surface area contributed by atoms with Crippen molar-refractivity contribution in [2.24, 2.45) is 0 Å². The molecule has 3 aromatic heterocycles.